The van der Waals surface area contributed by atoms with Crippen LogP contribution in [0.15, 0.2) is 24.4 Å². The summed E-state index contributed by atoms with van der Waals surface area (Å²) in [7, 11) is 0. The van der Waals surface area contributed by atoms with Gasteiger partial charge in [-0.1, -0.05) is 26.0 Å². The van der Waals surface area contributed by atoms with E-state index in [0.29, 0.717) is 5.69 Å². The lowest BCUT2D eigenvalue weighted by molar-refractivity contribution is 0.566. The molecule has 0 saturated carbocycles. The zero-order valence-electron chi connectivity index (χ0n) is 9.91. The van der Waals surface area contributed by atoms with E-state index in [1.165, 1.54) is 10.7 Å². The van der Waals surface area contributed by atoms with Crippen LogP contribution in [0.1, 0.15) is 26.5 Å². The smallest absolute Gasteiger partial charge is 0.149 e. The fraction of sp³-hybridized carbons (Fsp3) is 0.333. The summed E-state index contributed by atoms with van der Waals surface area (Å²) in [6.07, 6.45) is 1.77. The van der Waals surface area contributed by atoms with Crippen LogP contribution in [0.2, 0.25) is 0 Å². The lowest BCUT2D eigenvalue weighted by Gasteiger charge is -2.12. The molecule has 0 atom stereocenters. The molecule has 0 spiro atoms. The monoisotopic (exact) mass is 345 g/mol. The average molecular weight is 345 g/mol. The molecule has 0 aliphatic heterocycles. The van der Waals surface area contributed by atoms with Crippen LogP contribution in [-0.2, 0) is 5.41 Å². The number of halogens is 2. The molecule has 0 aliphatic carbocycles. The molecule has 2 rings (SSSR count). The Morgan fingerprint density at radius 1 is 1.29 bits per heavy atom. The largest absolute Gasteiger partial charge is 0.217 e. The SMILES string of the molecule is CC(C)(C)c1cn(-c2ccc(I)cc2F)nn1. The second kappa shape index (κ2) is 4.36. The van der Waals surface area contributed by atoms with Gasteiger partial charge in [0.25, 0.3) is 0 Å². The van der Waals surface area contributed by atoms with Crippen molar-refractivity contribution in [3.8, 4) is 5.69 Å². The van der Waals surface area contributed by atoms with Crippen LogP contribution < -0.4 is 0 Å². The van der Waals surface area contributed by atoms with E-state index in [4.69, 9.17) is 0 Å². The Hall–Kier alpha value is -0.980. The van der Waals surface area contributed by atoms with Gasteiger partial charge in [0.1, 0.15) is 11.5 Å². The van der Waals surface area contributed by atoms with Crippen LogP contribution >= 0.6 is 22.6 Å². The van der Waals surface area contributed by atoms with Gasteiger partial charge in [-0.25, -0.2) is 9.07 Å². The highest BCUT2D eigenvalue weighted by Gasteiger charge is 2.18. The number of hydrogen-bond acceptors (Lipinski definition) is 2. The summed E-state index contributed by atoms with van der Waals surface area (Å²) in [6.45, 7) is 6.14. The van der Waals surface area contributed by atoms with E-state index in [1.54, 1.807) is 12.3 Å². The molecule has 5 heteroatoms. The van der Waals surface area contributed by atoms with Gasteiger partial charge in [-0.3, -0.25) is 0 Å². The first-order chi connectivity index (χ1) is 7.88. The molecule has 0 aliphatic rings. The first-order valence-corrected chi connectivity index (χ1v) is 6.34. The van der Waals surface area contributed by atoms with Crippen molar-refractivity contribution in [1.29, 1.82) is 0 Å². The van der Waals surface area contributed by atoms with Crippen LogP contribution in [0.25, 0.3) is 5.69 Å². The van der Waals surface area contributed by atoms with Crippen molar-refractivity contribution >= 4 is 22.6 Å². The van der Waals surface area contributed by atoms with Crippen molar-refractivity contribution in [3.63, 3.8) is 0 Å². The van der Waals surface area contributed by atoms with Gasteiger partial charge in [0, 0.05) is 8.99 Å². The van der Waals surface area contributed by atoms with E-state index in [2.05, 4.69) is 32.9 Å². The lowest BCUT2D eigenvalue weighted by atomic mass is 9.93. The second-order valence-electron chi connectivity index (χ2n) is 4.89. The minimum absolute atomic E-state index is 0.0854. The minimum atomic E-state index is -0.290. The summed E-state index contributed by atoms with van der Waals surface area (Å²) >= 11 is 2.07. The molecule has 2 aromatic rings. The maximum atomic E-state index is 13.7. The predicted molar refractivity (Wildman–Crippen MR) is 72.7 cm³/mol. The van der Waals surface area contributed by atoms with Gasteiger partial charge in [0.15, 0.2) is 0 Å². The molecule has 0 radical (unpaired) electrons. The summed E-state index contributed by atoms with van der Waals surface area (Å²) in [5.41, 5.74) is 1.18. The van der Waals surface area contributed by atoms with E-state index in [1.807, 2.05) is 26.8 Å². The fourth-order valence-electron chi connectivity index (χ4n) is 1.39. The Morgan fingerprint density at radius 3 is 2.53 bits per heavy atom. The van der Waals surface area contributed by atoms with Crippen LogP contribution in [0, 0.1) is 9.39 Å². The van der Waals surface area contributed by atoms with E-state index in [-0.39, 0.29) is 11.2 Å². The van der Waals surface area contributed by atoms with Gasteiger partial charge >= 0.3 is 0 Å². The van der Waals surface area contributed by atoms with Crippen LogP contribution in [0.4, 0.5) is 4.39 Å². The highest BCUT2D eigenvalue weighted by atomic mass is 127. The second-order valence-corrected chi connectivity index (χ2v) is 6.14. The van der Waals surface area contributed by atoms with Crippen molar-refractivity contribution in [2.75, 3.05) is 0 Å². The molecule has 0 amide bonds. The van der Waals surface area contributed by atoms with Crippen LogP contribution in [-0.4, -0.2) is 15.0 Å². The van der Waals surface area contributed by atoms with E-state index in [0.717, 1.165) is 9.26 Å². The van der Waals surface area contributed by atoms with E-state index in [9.17, 15) is 4.39 Å². The Labute approximate surface area is 113 Å². The third kappa shape index (κ3) is 2.65. The number of rotatable bonds is 1. The Kier molecular flexibility index (Phi) is 3.20. The summed E-state index contributed by atoms with van der Waals surface area (Å²) in [6, 6.07) is 5.03. The van der Waals surface area contributed by atoms with Crippen molar-refractivity contribution in [2.45, 2.75) is 26.2 Å². The topological polar surface area (TPSA) is 30.7 Å². The summed E-state index contributed by atoms with van der Waals surface area (Å²) in [4.78, 5) is 0. The molecule has 0 saturated heterocycles. The molecular formula is C12H13FIN3. The molecule has 1 aromatic heterocycles. The van der Waals surface area contributed by atoms with Crippen LogP contribution in [0.3, 0.4) is 0 Å². The summed E-state index contributed by atoms with van der Waals surface area (Å²) in [5, 5.41) is 8.04. The fourth-order valence-corrected chi connectivity index (χ4v) is 1.85. The molecule has 1 heterocycles. The minimum Gasteiger partial charge on any atom is -0.217 e. The highest BCUT2D eigenvalue weighted by Crippen LogP contribution is 2.21. The Morgan fingerprint density at radius 2 is 2.00 bits per heavy atom. The molecule has 1 aromatic carbocycles. The van der Waals surface area contributed by atoms with Gasteiger partial charge in [-0.15, -0.1) is 5.10 Å². The molecule has 3 nitrogen and oxygen atoms in total. The van der Waals surface area contributed by atoms with E-state index < -0.39 is 0 Å². The molecule has 0 N–H and O–H groups in total. The first kappa shape index (κ1) is 12.5. The number of aromatic nitrogens is 3. The third-order valence-electron chi connectivity index (χ3n) is 2.42. The Bertz CT molecular complexity index is 543. The molecular weight excluding hydrogens is 332 g/mol. The molecule has 0 unspecified atom stereocenters. The maximum absolute atomic E-state index is 13.7. The van der Waals surface area contributed by atoms with Gasteiger partial charge in [-0.05, 0) is 40.8 Å². The highest BCUT2D eigenvalue weighted by molar-refractivity contribution is 14.1. The van der Waals surface area contributed by atoms with Crippen molar-refractivity contribution in [2.24, 2.45) is 0 Å². The third-order valence-corrected chi connectivity index (χ3v) is 3.09. The zero-order chi connectivity index (χ0) is 12.6. The van der Waals surface area contributed by atoms with Gasteiger partial charge in [0.05, 0.1) is 11.9 Å². The number of nitrogens with zero attached hydrogens (tertiary/aromatic N) is 3. The normalized spacial score (nSPS) is 11.8. The van der Waals surface area contributed by atoms with Gasteiger partial charge in [0.2, 0.25) is 0 Å². The predicted octanol–water partition coefficient (Wildman–Crippen LogP) is 3.31. The summed E-state index contributed by atoms with van der Waals surface area (Å²) < 4.78 is 16.1. The average Bonchev–Trinajstić information content (AvgIpc) is 2.65. The van der Waals surface area contributed by atoms with Crippen molar-refractivity contribution < 1.29 is 4.39 Å². The number of benzene rings is 1. The van der Waals surface area contributed by atoms with Crippen molar-refractivity contribution in [1.82, 2.24) is 15.0 Å². The quantitative estimate of drug-likeness (QED) is 0.743. The molecule has 90 valence electrons. The van der Waals surface area contributed by atoms with Crippen molar-refractivity contribution in [3.05, 3.63) is 39.5 Å². The lowest BCUT2D eigenvalue weighted by Crippen LogP contribution is -2.11. The number of hydrogen-bond donors (Lipinski definition) is 0. The van der Waals surface area contributed by atoms with Gasteiger partial charge < -0.3 is 0 Å². The molecule has 17 heavy (non-hydrogen) atoms. The maximum Gasteiger partial charge on any atom is 0.149 e. The molecule has 0 fully saturated rings. The summed E-state index contributed by atoms with van der Waals surface area (Å²) in [5.74, 6) is -0.290. The first-order valence-electron chi connectivity index (χ1n) is 5.26. The van der Waals surface area contributed by atoms with Crippen LogP contribution in [0.5, 0.6) is 0 Å². The van der Waals surface area contributed by atoms with E-state index >= 15 is 0 Å². The zero-order valence-corrected chi connectivity index (χ0v) is 12.1. The standard InChI is InChI=1S/C12H13FIN3/c1-12(2,3)11-7-17(16-15-11)10-5-4-8(14)6-9(10)13/h4-7H,1-3H3. The van der Waals surface area contributed by atoms with Gasteiger partial charge in [-0.2, -0.15) is 0 Å². The Balaban J connectivity index is 2.44. The molecule has 0 bridgehead atoms.